The van der Waals surface area contributed by atoms with Gasteiger partial charge in [-0.2, -0.15) is 13.2 Å². The van der Waals surface area contributed by atoms with Crippen LogP contribution in [0.1, 0.15) is 5.56 Å². The van der Waals surface area contributed by atoms with Gasteiger partial charge in [-0.1, -0.05) is 0 Å². The Bertz CT molecular complexity index is 916. The molecule has 1 amide bonds. The van der Waals surface area contributed by atoms with Crippen molar-refractivity contribution in [3.8, 4) is 0 Å². The standard InChI is InChI=1S/C15H12F3N3O5/c16-15(17,18)9-1-3-10(4-2-9)19-12(23)8-26-13(24)7-21-6-5-11(22)20-14(21)25/h1-6H,7-8H2,(H,19,23)(H,20,22,25). The zero-order valence-electron chi connectivity index (χ0n) is 13.0. The van der Waals surface area contributed by atoms with Crippen LogP contribution >= 0.6 is 0 Å². The molecule has 1 aromatic heterocycles. The molecule has 138 valence electrons. The number of ether oxygens (including phenoxy) is 1. The molecule has 0 saturated heterocycles. The van der Waals surface area contributed by atoms with E-state index in [1.807, 2.05) is 4.98 Å². The molecule has 0 aliphatic rings. The molecular weight excluding hydrogens is 359 g/mol. The molecule has 0 fully saturated rings. The van der Waals surface area contributed by atoms with Crippen molar-refractivity contribution >= 4 is 17.6 Å². The summed E-state index contributed by atoms with van der Waals surface area (Å²) in [5.41, 5.74) is -2.22. The van der Waals surface area contributed by atoms with Crippen molar-refractivity contribution in [3.63, 3.8) is 0 Å². The predicted octanol–water partition coefficient (Wildman–Crippen LogP) is 0.737. The van der Waals surface area contributed by atoms with Crippen LogP contribution in [0.3, 0.4) is 0 Å². The number of carbonyl (C=O) groups is 2. The summed E-state index contributed by atoms with van der Waals surface area (Å²) in [5.74, 6) is -1.69. The number of aromatic amines is 1. The number of esters is 1. The van der Waals surface area contributed by atoms with E-state index in [2.05, 4.69) is 10.1 Å². The number of rotatable bonds is 5. The van der Waals surface area contributed by atoms with Crippen molar-refractivity contribution in [2.45, 2.75) is 12.7 Å². The van der Waals surface area contributed by atoms with Crippen LogP contribution in [-0.4, -0.2) is 28.0 Å². The van der Waals surface area contributed by atoms with Gasteiger partial charge < -0.3 is 10.1 Å². The first-order chi connectivity index (χ1) is 12.1. The normalized spacial score (nSPS) is 11.0. The highest BCUT2D eigenvalue weighted by molar-refractivity contribution is 5.92. The Balaban J connectivity index is 1.85. The first-order valence-electron chi connectivity index (χ1n) is 7.07. The number of hydrogen-bond donors (Lipinski definition) is 2. The molecule has 2 rings (SSSR count). The van der Waals surface area contributed by atoms with E-state index in [1.54, 1.807) is 0 Å². The third kappa shape index (κ3) is 5.33. The number of halogens is 3. The van der Waals surface area contributed by atoms with Crippen molar-refractivity contribution in [2.24, 2.45) is 0 Å². The van der Waals surface area contributed by atoms with Crippen molar-refractivity contribution < 1.29 is 27.5 Å². The van der Waals surface area contributed by atoms with Gasteiger partial charge in [0, 0.05) is 18.0 Å². The Labute approximate surface area is 143 Å². The van der Waals surface area contributed by atoms with Crippen molar-refractivity contribution in [2.75, 3.05) is 11.9 Å². The molecular formula is C15H12F3N3O5. The minimum absolute atomic E-state index is 0.0934. The Morgan fingerprint density at radius 1 is 1.12 bits per heavy atom. The second-order valence-corrected chi connectivity index (χ2v) is 5.02. The van der Waals surface area contributed by atoms with Gasteiger partial charge >= 0.3 is 17.8 Å². The fraction of sp³-hybridized carbons (Fsp3) is 0.200. The number of aromatic nitrogens is 2. The summed E-state index contributed by atoms with van der Waals surface area (Å²) in [6, 6.07) is 4.74. The quantitative estimate of drug-likeness (QED) is 0.754. The monoisotopic (exact) mass is 371 g/mol. The molecule has 0 radical (unpaired) electrons. The van der Waals surface area contributed by atoms with Crippen LogP contribution in [-0.2, 0) is 27.0 Å². The van der Waals surface area contributed by atoms with Crippen LogP contribution < -0.4 is 16.6 Å². The molecule has 11 heteroatoms. The van der Waals surface area contributed by atoms with Gasteiger partial charge in [-0.05, 0) is 24.3 Å². The first-order valence-corrected chi connectivity index (χ1v) is 7.07. The van der Waals surface area contributed by atoms with Crippen molar-refractivity contribution in [3.05, 3.63) is 62.9 Å². The van der Waals surface area contributed by atoms with Gasteiger partial charge in [0.05, 0.1) is 5.56 Å². The average Bonchev–Trinajstić information content (AvgIpc) is 2.55. The molecule has 2 aromatic rings. The third-order valence-electron chi connectivity index (χ3n) is 3.06. The van der Waals surface area contributed by atoms with Crippen molar-refractivity contribution in [1.82, 2.24) is 9.55 Å². The van der Waals surface area contributed by atoms with Crippen LogP contribution in [0, 0.1) is 0 Å². The average molecular weight is 371 g/mol. The van der Waals surface area contributed by atoms with E-state index in [1.165, 1.54) is 0 Å². The van der Waals surface area contributed by atoms with Crippen LogP contribution in [0.5, 0.6) is 0 Å². The number of hydrogen-bond acceptors (Lipinski definition) is 5. The lowest BCUT2D eigenvalue weighted by Crippen LogP contribution is -2.32. The zero-order chi connectivity index (χ0) is 19.3. The second-order valence-electron chi connectivity index (χ2n) is 5.02. The van der Waals surface area contributed by atoms with Crippen LogP contribution in [0.2, 0.25) is 0 Å². The SMILES string of the molecule is O=C(COC(=O)Cn1ccc(=O)[nH]c1=O)Nc1ccc(C(F)(F)F)cc1. The number of amides is 1. The third-order valence-corrected chi connectivity index (χ3v) is 3.06. The first kappa shape index (κ1) is 19.0. The number of anilines is 1. The summed E-state index contributed by atoms with van der Waals surface area (Å²) in [6.45, 7) is -1.22. The van der Waals surface area contributed by atoms with Gasteiger partial charge in [0.25, 0.3) is 11.5 Å². The number of H-pyrrole nitrogens is 1. The smallest absolute Gasteiger partial charge is 0.416 e. The topological polar surface area (TPSA) is 110 Å². The lowest BCUT2D eigenvalue weighted by atomic mass is 10.2. The molecule has 0 unspecified atom stereocenters. The Morgan fingerprint density at radius 3 is 2.35 bits per heavy atom. The highest BCUT2D eigenvalue weighted by atomic mass is 19.4. The van der Waals surface area contributed by atoms with Crippen LogP contribution in [0.4, 0.5) is 18.9 Å². The molecule has 0 atom stereocenters. The summed E-state index contributed by atoms with van der Waals surface area (Å²) in [5, 5.41) is 2.26. The summed E-state index contributed by atoms with van der Waals surface area (Å²) in [7, 11) is 0. The second kappa shape index (κ2) is 7.68. The molecule has 8 nitrogen and oxygen atoms in total. The highest BCUT2D eigenvalue weighted by Gasteiger charge is 2.29. The summed E-state index contributed by atoms with van der Waals surface area (Å²) in [6.07, 6.45) is -3.40. The number of nitrogens with zero attached hydrogens (tertiary/aromatic N) is 1. The maximum absolute atomic E-state index is 12.4. The molecule has 0 bridgehead atoms. The Kier molecular flexibility index (Phi) is 5.60. The van der Waals surface area contributed by atoms with E-state index < -0.39 is 48.0 Å². The van der Waals surface area contributed by atoms with Crippen molar-refractivity contribution in [1.29, 1.82) is 0 Å². The number of nitrogens with one attached hydrogen (secondary N) is 2. The highest BCUT2D eigenvalue weighted by Crippen LogP contribution is 2.29. The minimum atomic E-state index is -4.49. The Morgan fingerprint density at radius 2 is 1.77 bits per heavy atom. The minimum Gasteiger partial charge on any atom is -0.454 e. The van der Waals surface area contributed by atoms with Gasteiger partial charge in [-0.3, -0.25) is 23.9 Å². The van der Waals surface area contributed by atoms with E-state index in [0.29, 0.717) is 0 Å². The maximum atomic E-state index is 12.4. The van der Waals surface area contributed by atoms with E-state index in [-0.39, 0.29) is 5.69 Å². The van der Waals surface area contributed by atoms with Gasteiger partial charge in [0.1, 0.15) is 6.54 Å². The van der Waals surface area contributed by atoms with Crippen LogP contribution in [0.15, 0.2) is 46.1 Å². The maximum Gasteiger partial charge on any atom is 0.416 e. The lowest BCUT2D eigenvalue weighted by molar-refractivity contribution is -0.148. The van der Waals surface area contributed by atoms with Gasteiger partial charge in [-0.25, -0.2) is 4.79 Å². The number of carbonyl (C=O) groups excluding carboxylic acids is 2. The Hall–Kier alpha value is -3.37. The molecule has 1 aromatic carbocycles. The molecule has 0 aliphatic carbocycles. The molecule has 26 heavy (non-hydrogen) atoms. The molecule has 2 N–H and O–H groups in total. The van der Waals surface area contributed by atoms with E-state index in [4.69, 9.17) is 0 Å². The van der Waals surface area contributed by atoms with E-state index >= 15 is 0 Å². The summed E-state index contributed by atoms with van der Waals surface area (Å²) < 4.78 is 42.8. The summed E-state index contributed by atoms with van der Waals surface area (Å²) >= 11 is 0. The van der Waals surface area contributed by atoms with E-state index in [9.17, 15) is 32.3 Å². The van der Waals surface area contributed by atoms with E-state index in [0.717, 1.165) is 41.1 Å². The number of benzene rings is 1. The number of alkyl halides is 3. The largest absolute Gasteiger partial charge is 0.454 e. The van der Waals surface area contributed by atoms with Gasteiger partial charge in [0.2, 0.25) is 0 Å². The fourth-order valence-electron chi connectivity index (χ4n) is 1.84. The summed E-state index contributed by atoms with van der Waals surface area (Å²) in [4.78, 5) is 47.4. The molecule has 0 spiro atoms. The molecule has 0 saturated carbocycles. The lowest BCUT2D eigenvalue weighted by Gasteiger charge is -2.09. The molecule has 0 aliphatic heterocycles. The van der Waals surface area contributed by atoms with Crippen LogP contribution in [0.25, 0.3) is 0 Å². The molecule has 1 heterocycles. The predicted molar refractivity (Wildman–Crippen MR) is 82.4 cm³/mol. The van der Waals surface area contributed by atoms with Gasteiger partial charge in [-0.15, -0.1) is 0 Å². The fourth-order valence-corrected chi connectivity index (χ4v) is 1.84. The zero-order valence-corrected chi connectivity index (χ0v) is 13.0. The van der Waals surface area contributed by atoms with Gasteiger partial charge in [0.15, 0.2) is 6.61 Å².